The molecule has 1 saturated heterocycles. The topological polar surface area (TPSA) is 130 Å². The molecule has 3 rings (SSSR count). The van der Waals surface area contributed by atoms with Crippen molar-refractivity contribution in [2.75, 3.05) is 50.5 Å². The van der Waals surface area contributed by atoms with Crippen LogP contribution in [0.2, 0.25) is 0 Å². The highest BCUT2D eigenvalue weighted by molar-refractivity contribution is 7.88. The molecule has 3 N–H and O–H groups in total. The first-order valence-corrected chi connectivity index (χ1v) is 10.4. The summed E-state index contributed by atoms with van der Waals surface area (Å²) in [4.78, 5) is 19.3. The molecule has 0 bridgehead atoms. The largest absolute Gasteiger partial charge is 0.373 e. The number of sulfonamides is 1. The molecule has 2 aromatic rings. The Labute approximate surface area is 158 Å². The van der Waals surface area contributed by atoms with Gasteiger partial charge in [0.25, 0.3) is 0 Å². The van der Waals surface area contributed by atoms with Crippen molar-refractivity contribution >= 4 is 21.8 Å². The van der Waals surface area contributed by atoms with Crippen molar-refractivity contribution in [3.8, 4) is 11.4 Å². The van der Waals surface area contributed by atoms with Gasteiger partial charge in [0.1, 0.15) is 11.6 Å². The second-order valence-electron chi connectivity index (χ2n) is 6.49. The quantitative estimate of drug-likeness (QED) is 0.718. The second-order valence-corrected chi connectivity index (χ2v) is 8.47. The average Bonchev–Trinajstić information content (AvgIpc) is 2.60. The van der Waals surface area contributed by atoms with E-state index in [0.29, 0.717) is 50.2 Å². The lowest BCUT2D eigenvalue weighted by molar-refractivity contribution is 0.182. The van der Waals surface area contributed by atoms with Gasteiger partial charge in [-0.2, -0.15) is 14.3 Å². The molecular weight excluding hydrogens is 368 g/mol. The van der Waals surface area contributed by atoms with Crippen molar-refractivity contribution in [2.24, 2.45) is 0 Å². The number of aromatic nitrogens is 4. The van der Waals surface area contributed by atoms with E-state index in [0.717, 1.165) is 11.1 Å². The second kappa shape index (κ2) is 7.71. The maximum Gasteiger partial charge on any atom is 0.223 e. The van der Waals surface area contributed by atoms with E-state index in [1.54, 1.807) is 20.2 Å². The molecule has 1 aliphatic heterocycles. The molecule has 0 saturated carbocycles. The first kappa shape index (κ1) is 19.4. The molecule has 0 radical (unpaired) electrons. The molecule has 10 nitrogen and oxygen atoms in total. The average molecular weight is 392 g/mol. The molecule has 0 aromatic carbocycles. The first-order chi connectivity index (χ1) is 12.8. The highest BCUT2D eigenvalue weighted by Gasteiger charge is 2.23. The Bertz CT molecular complexity index is 906. The Morgan fingerprint density at radius 2 is 1.89 bits per heavy atom. The van der Waals surface area contributed by atoms with E-state index in [1.165, 1.54) is 10.6 Å². The van der Waals surface area contributed by atoms with Crippen molar-refractivity contribution in [1.82, 2.24) is 29.1 Å². The van der Waals surface area contributed by atoms with Gasteiger partial charge in [-0.1, -0.05) is 0 Å². The Hall–Kier alpha value is -2.37. The molecule has 0 unspecified atom stereocenters. The van der Waals surface area contributed by atoms with Gasteiger partial charge in [0, 0.05) is 46.0 Å². The minimum absolute atomic E-state index is 0.168. The summed E-state index contributed by atoms with van der Waals surface area (Å²) >= 11 is 0. The van der Waals surface area contributed by atoms with Gasteiger partial charge in [0.2, 0.25) is 16.0 Å². The van der Waals surface area contributed by atoms with Crippen LogP contribution in [-0.4, -0.2) is 77.0 Å². The monoisotopic (exact) mass is 392 g/mol. The summed E-state index contributed by atoms with van der Waals surface area (Å²) in [5.41, 5.74) is 7.50. The number of nitrogens with one attached hydrogen (secondary N) is 1. The number of piperazine rings is 1. The van der Waals surface area contributed by atoms with Crippen molar-refractivity contribution in [3.05, 3.63) is 23.7 Å². The molecule has 3 heterocycles. The van der Waals surface area contributed by atoms with Crippen LogP contribution in [0.5, 0.6) is 0 Å². The Morgan fingerprint density at radius 3 is 2.48 bits per heavy atom. The van der Waals surface area contributed by atoms with E-state index >= 15 is 0 Å². The van der Waals surface area contributed by atoms with Crippen LogP contribution in [0.25, 0.3) is 11.4 Å². The molecule has 27 heavy (non-hydrogen) atoms. The summed E-state index contributed by atoms with van der Waals surface area (Å²) in [5.74, 6) is 1.84. The molecular formula is C16H24N8O2S. The Kier molecular flexibility index (Phi) is 5.53. The van der Waals surface area contributed by atoms with Gasteiger partial charge in [-0.15, -0.1) is 0 Å². The van der Waals surface area contributed by atoms with Crippen LogP contribution in [0.3, 0.4) is 0 Å². The van der Waals surface area contributed by atoms with Crippen molar-refractivity contribution in [1.29, 1.82) is 0 Å². The predicted octanol–water partition coefficient (Wildman–Crippen LogP) is -0.0569. The first-order valence-electron chi connectivity index (χ1n) is 8.59. The number of hydrogen-bond acceptors (Lipinski definition) is 9. The van der Waals surface area contributed by atoms with E-state index in [2.05, 4.69) is 30.2 Å². The lowest BCUT2D eigenvalue weighted by atomic mass is 10.1. The maximum atomic E-state index is 11.6. The van der Waals surface area contributed by atoms with Crippen molar-refractivity contribution in [3.63, 3.8) is 0 Å². The third kappa shape index (κ3) is 4.67. The summed E-state index contributed by atoms with van der Waals surface area (Å²) in [6.07, 6.45) is 3.05. The molecule has 0 aliphatic carbocycles. The fraction of sp³-hybridized carbons (Fsp3) is 0.500. The molecule has 11 heteroatoms. The molecule has 2 aromatic heterocycles. The highest BCUT2D eigenvalue weighted by Crippen LogP contribution is 2.25. The normalized spacial score (nSPS) is 16.4. The summed E-state index contributed by atoms with van der Waals surface area (Å²) < 4.78 is 24.8. The summed E-state index contributed by atoms with van der Waals surface area (Å²) in [6.45, 7) is 4.77. The van der Waals surface area contributed by atoms with Gasteiger partial charge in [0.05, 0.1) is 11.8 Å². The van der Waals surface area contributed by atoms with Gasteiger partial charge in [0.15, 0.2) is 5.82 Å². The van der Waals surface area contributed by atoms with E-state index < -0.39 is 10.0 Å². The smallest absolute Gasteiger partial charge is 0.223 e. The number of nitrogens with two attached hydrogens (primary N) is 1. The van der Waals surface area contributed by atoms with Crippen LogP contribution in [0, 0.1) is 6.92 Å². The fourth-order valence-corrected chi connectivity index (χ4v) is 3.89. The minimum Gasteiger partial charge on any atom is -0.373 e. The third-order valence-corrected chi connectivity index (χ3v) is 5.70. The van der Waals surface area contributed by atoms with Gasteiger partial charge in [-0.3, -0.25) is 4.90 Å². The van der Waals surface area contributed by atoms with Crippen LogP contribution in [0.1, 0.15) is 11.4 Å². The maximum absolute atomic E-state index is 11.6. The number of nitrogen functional groups attached to an aromatic ring is 1. The fourth-order valence-electron chi connectivity index (χ4n) is 3.06. The van der Waals surface area contributed by atoms with Crippen LogP contribution in [0.4, 0.5) is 11.8 Å². The van der Waals surface area contributed by atoms with E-state index in [1.807, 2.05) is 6.07 Å². The van der Waals surface area contributed by atoms with Crippen LogP contribution in [-0.2, 0) is 16.6 Å². The summed E-state index contributed by atoms with van der Waals surface area (Å²) in [7, 11) is -1.35. The van der Waals surface area contributed by atoms with Crippen LogP contribution < -0.4 is 11.1 Å². The lowest BCUT2D eigenvalue weighted by Gasteiger charge is -2.33. The molecule has 1 aliphatic rings. The zero-order chi connectivity index (χ0) is 19.6. The number of aryl methyl sites for hydroxylation is 1. The number of rotatable bonds is 5. The SMILES string of the molecule is CNc1ncc(CN2CCN(S(C)(=O)=O)CC2)cc1-c1nc(C)nc(N)n1. The predicted molar refractivity (Wildman–Crippen MR) is 103 cm³/mol. The van der Waals surface area contributed by atoms with E-state index in [9.17, 15) is 8.42 Å². The minimum atomic E-state index is -3.13. The lowest BCUT2D eigenvalue weighted by Crippen LogP contribution is -2.47. The number of nitrogens with zero attached hydrogens (tertiary/aromatic N) is 6. The number of pyridine rings is 1. The van der Waals surface area contributed by atoms with Gasteiger partial charge < -0.3 is 11.1 Å². The Morgan fingerprint density at radius 1 is 1.19 bits per heavy atom. The molecule has 1 fully saturated rings. The number of hydrogen-bond donors (Lipinski definition) is 2. The van der Waals surface area contributed by atoms with E-state index in [-0.39, 0.29) is 5.95 Å². The van der Waals surface area contributed by atoms with Crippen molar-refractivity contribution < 1.29 is 8.42 Å². The molecule has 0 amide bonds. The van der Waals surface area contributed by atoms with Gasteiger partial charge in [-0.25, -0.2) is 18.4 Å². The zero-order valence-electron chi connectivity index (χ0n) is 15.7. The van der Waals surface area contributed by atoms with Gasteiger partial charge >= 0.3 is 0 Å². The highest BCUT2D eigenvalue weighted by atomic mass is 32.2. The summed E-state index contributed by atoms with van der Waals surface area (Å²) in [5, 5.41) is 3.05. The standard InChI is InChI=1S/C16H24N8O2S/c1-11-20-15(22-16(17)21-11)13-8-12(9-19-14(13)18-2)10-23-4-6-24(7-5-23)27(3,25)26/h8-9H,4-7,10H2,1-3H3,(H,18,19)(H2,17,20,21,22). The third-order valence-electron chi connectivity index (χ3n) is 4.39. The molecule has 0 atom stereocenters. The van der Waals surface area contributed by atoms with Crippen molar-refractivity contribution in [2.45, 2.75) is 13.5 Å². The molecule has 146 valence electrons. The summed E-state index contributed by atoms with van der Waals surface area (Å²) in [6, 6.07) is 1.98. The van der Waals surface area contributed by atoms with Crippen LogP contribution >= 0.6 is 0 Å². The molecule has 0 spiro atoms. The van der Waals surface area contributed by atoms with Crippen LogP contribution in [0.15, 0.2) is 12.3 Å². The van der Waals surface area contributed by atoms with Gasteiger partial charge in [-0.05, 0) is 18.6 Å². The Balaban J connectivity index is 1.80. The number of anilines is 2. The van der Waals surface area contributed by atoms with E-state index in [4.69, 9.17) is 5.73 Å². The zero-order valence-corrected chi connectivity index (χ0v) is 16.5.